The average molecular weight is 240 g/mol. The van der Waals surface area contributed by atoms with Gasteiger partial charge in [0, 0.05) is 12.5 Å². The first-order chi connectivity index (χ1) is 8.06. The second-order valence-electron chi connectivity index (χ2n) is 3.79. The Bertz CT molecular complexity index is 396. The molecule has 1 atom stereocenters. The minimum Gasteiger partial charge on any atom is -0.388 e. The first kappa shape index (κ1) is 13.6. The van der Waals surface area contributed by atoms with Crippen molar-refractivity contribution < 1.29 is 14.3 Å². The summed E-state index contributed by atoms with van der Waals surface area (Å²) in [7, 11) is 1.77. The fourth-order valence-electron chi connectivity index (χ4n) is 1.56. The Kier molecular flexibility index (Phi) is 5.06. The van der Waals surface area contributed by atoms with E-state index >= 15 is 0 Å². The number of anilines is 1. The number of halogens is 1. The molecule has 1 amide bonds. The predicted octanol–water partition coefficient (Wildman–Crippen LogP) is 1.43. The Balaban J connectivity index is 2.96. The van der Waals surface area contributed by atoms with Crippen molar-refractivity contribution in [1.29, 1.82) is 0 Å². The normalized spacial score (nSPS) is 12.2. The number of hydrogen-bond donors (Lipinski definition) is 3. The zero-order chi connectivity index (χ0) is 12.8. The molecule has 0 radical (unpaired) electrons. The summed E-state index contributed by atoms with van der Waals surface area (Å²) >= 11 is 0. The number of para-hydroxylation sites is 1. The minimum absolute atomic E-state index is 0.0589. The highest BCUT2D eigenvalue weighted by Crippen LogP contribution is 2.27. The van der Waals surface area contributed by atoms with Gasteiger partial charge in [0.25, 0.3) is 0 Å². The Morgan fingerprint density at radius 1 is 1.53 bits per heavy atom. The molecular weight excluding hydrogens is 223 g/mol. The Morgan fingerprint density at radius 2 is 2.24 bits per heavy atom. The third-order valence-corrected chi connectivity index (χ3v) is 2.37. The van der Waals surface area contributed by atoms with Gasteiger partial charge in [0.05, 0.1) is 11.8 Å². The van der Waals surface area contributed by atoms with Crippen LogP contribution < -0.4 is 10.6 Å². The first-order valence-electron chi connectivity index (χ1n) is 5.45. The highest BCUT2D eigenvalue weighted by atomic mass is 19.1. The van der Waals surface area contributed by atoms with Gasteiger partial charge in [-0.2, -0.15) is 0 Å². The van der Waals surface area contributed by atoms with Crippen LogP contribution in [0.15, 0.2) is 18.2 Å². The summed E-state index contributed by atoms with van der Waals surface area (Å²) in [5, 5.41) is 15.2. The molecule has 0 aliphatic heterocycles. The molecule has 0 saturated carbocycles. The van der Waals surface area contributed by atoms with E-state index in [1.807, 2.05) is 0 Å². The van der Waals surface area contributed by atoms with E-state index < -0.39 is 11.9 Å². The maximum atomic E-state index is 13.6. The molecule has 4 nitrogen and oxygen atoms in total. The number of carbonyl (C=O) groups is 1. The fourth-order valence-corrected chi connectivity index (χ4v) is 1.56. The topological polar surface area (TPSA) is 61.4 Å². The van der Waals surface area contributed by atoms with Crippen LogP contribution in [0.4, 0.5) is 10.1 Å². The molecule has 0 saturated heterocycles. The summed E-state index contributed by atoms with van der Waals surface area (Å²) in [5.74, 6) is -0.904. The van der Waals surface area contributed by atoms with Crippen molar-refractivity contribution in [2.75, 3.05) is 18.9 Å². The van der Waals surface area contributed by atoms with Crippen molar-refractivity contribution in [1.82, 2.24) is 5.32 Å². The summed E-state index contributed by atoms with van der Waals surface area (Å²) < 4.78 is 13.6. The van der Waals surface area contributed by atoms with Crippen molar-refractivity contribution in [2.45, 2.75) is 19.4 Å². The van der Waals surface area contributed by atoms with Crippen molar-refractivity contribution in [2.24, 2.45) is 0 Å². The molecule has 0 fully saturated rings. The number of amides is 1. The van der Waals surface area contributed by atoms with E-state index in [0.717, 1.165) is 0 Å². The maximum Gasteiger partial charge on any atom is 0.221 e. The molecule has 5 heteroatoms. The molecule has 1 unspecified atom stereocenters. The number of nitrogens with one attached hydrogen (secondary N) is 2. The first-order valence-corrected chi connectivity index (χ1v) is 5.45. The van der Waals surface area contributed by atoms with Crippen LogP contribution in [0.25, 0.3) is 0 Å². The monoisotopic (exact) mass is 240 g/mol. The van der Waals surface area contributed by atoms with E-state index in [1.54, 1.807) is 13.1 Å². The smallest absolute Gasteiger partial charge is 0.221 e. The lowest BCUT2D eigenvalue weighted by Gasteiger charge is -2.16. The van der Waals surface area contributed by atoms with Crippen LogP contribution >= 0.6 is 0 Å². The zero-order valence-electron chi connectivity index (χ0n) is 9.96. The van der Waals surface area contributed by atoms with Crippen LogP contribution in [0.5, 0.6) is 0 Å². The van der Waals surface area contributed by atoms with Crippen LogP contribution in [0, 0.1) is 5.82 Å². The van der Waals surface area contributed by atoms with E-state index in [1.165, 1.54) is 19.1 Å². The van der Waals surface area contributed by atoms with Crippen molar-refractivity contribution in [3.63, 3.8) is 0 Å². The van der Waals surface area contributed by atoms with Gasteiger partial charge in [-0.1, -0.05) is 12.1 Å². The van der Waals surface area contributed by atoms with E-state index in [9.17, 15) is 14.3 Å². The third kappa shape index (κ3) is 3.80. The molecule has 0 bridgehead atoms. The Morgan fingerprint density at radius 3 is 2.82 bits per heavy atom. The quantitative estimate of drug-likeness (QED) is 0.729. The highest BCUT2D eigenvalue weighted by Gasteiger charge is 2.16. The fraction of sp³-hybridized carbons (Fsp3) is 0.417. The summed E-state index contributed by atoms with van der Waals surface area (Å²) in [6, 6.07) is 4.37. The summed E-state index contributed by atoms with van der Waals surface area (Å²) in [5.41, 5.74) is 0.457. The van der Waals surface area contributed by atoms with E-state index in [2.05, 4.69) is 10.6 Å². The minimum atomic E-state index is -0.806. The van der Waals surface area contributed by atoms with Crippen LogP contribution in [0.1, 0.15) is 25.0 Å². The van der Waals surface area contributed by atoms with Gasteiger partial charge >= 0.3 is 0 Å². The molecule has 0 heterocycles. The molecular formula is C12H17FN2O2. The van der Waals surface area contributed by atoms with Gasteiger partial charge < -0.3 is 15.7 Å². The number of benzene rings is 1. The standard InChI is InChI=1S/C12H17FN2O2/c1-8(16)15-12-9(4-3-5-10(12)13)11(17)6-7-14-2/h3-5,11,14,17H,6-7H2,1-2H3,(H,15,16). The average Bonchev–Trinajstić information content (AvgIpc) is 2.28. The van der Waals surface area contributed by atoms with Crippen LogP contribution in [-0.4, -0.2) is 24.6 Å². The Hall–Kier alpha value is -1.46. The van der Waals surface area contributed by atoms with Gasteiger partial charge in [-0.15, -0.1) is 0 Å². The molecule has 0 aliphatic carbocycles. The van der Waals surface area contributed by atoms with Gasteiger partial charge in [-0.3, -0.25) is 4.79 Å². The SMILES string of the molecule is CNCCC(O)c1cccc(F)c1NC(C)=O. The summed E-state index contributed by atoms with van der Waals surface area (Å²) in [6.45, 7) is 1.91. The van der Waals surface area contributed by atoms with Gasteiger partial charge in [0.15, 0.2) is 0 Å². The number of aliphatic hydroxyl groups is 1. The van der Waals surface area contributed by atoms with Crippen molar-refractivity contribution >= 4 is 11.6 Å². The van der Waals surface area contributed by atoms with Crippen LogP contribution in [0.3, 0.4) is 0 Å². The summed E-state index contributed by atoms with van der Waals surface area (Å²) in [4.78, 5) is 11.0. The van der Waals surface area contributed by atoms with Crippen LogP contribution in [0.2, 0.25) is 0 Å². The molecule has 0 aromatic heterocycles. The lowest BCUT2D eigenvalue weighted by atomic mass is 10.0. The zero-order valence-corrected chi connectivity index (χ0v) is 9.96. The van der Waals surface area contributed by atoms with Crippen LogP contribution in [-0.2, 0) is 4.79 Å². The molecule has 1 aromatic rings. The number of hydrogen-bond acceptors (Lipinski definition) is 3. The largest absolute Gasteiger partial charge is 0.388 e. The molecule has 0 spiro atoms. The van der Waals surface area contributed by atoms with E-state index in [4.69, 9.17) is 0 Å². The number of rotatable bonds is 5. The lowest BCUT2D eigenvalue weighted by Crippen LogP contribution is -2.15. The lowest BCUT2D eigenvalue weighted by molar-refractivity contribution is -0.114. The van der Waals surface area contributed by atoms with Gasteiger partial charge in [-0.05, 0) is 26.1 Å². The van der Waals surface area contributed by atoms with Crippen molar-refractivity contribution in [3.8, 4) is 0 Å². The van der Waals surface area contributed by atoms with Gasteiger partial charge in [0.2, 0.25) is 5.91 Å². The number of carbonyl (C=O) groups excluding carboxylic acids is 1. The van der Waals surface area contributed by atoms with Crippen molar-refractivity contribution in [3.05, 3.63) is 29.6 Å². The summed E-state index contributed by atoms with van der Waals surface area (Å²) in [6.07, 6.45) is -0.355. The molecule has 94 valence electrons. The third-order valence-electron chi connectivity index (χ3n) is 2.37. The highest BCUT2D eigenvalue weighted by molar-refractivity contribution is 5.89. The second kappa shape index (κ2) is 6.32. The molecule has 1 aromatic carbocycles. The molecule has 1 rings (SSSR count). The van der Waals surface area contributed by atoms with Gasteiger partial charge in [0.1, 0.15) is 5.82 Å². The maximum absolute atomic E-state index is 13.6. The molecule has 3 N–H and O–H groups in total. The second-order valence-corrected chi connectivity index (χ2v) is 3.79. The van der Waals surface area contributed by atoms with E-state index in [0.29, 0.717) is 18.5 Å². The Labute approximate surface area is 99.8 Å². The molecule has 17 heavy (non-hydrogen) atoms. The number of aliphatic hydroxyl groups excluding tert-OH is 1. The van der Waals surface area contributed by atoms with E-state index in [-0.39, 0.29) is 11.6 Å². The predicted molar refractivity (Wildman–Crippen MR) is 64.2 cm³/mol. The molecule has 0 aliphatic rings. The van der Waals surface area contributed by atoms with Gasteiger partial charge in [-0.25, -0.2) is 4.39 Å².